The van der Waals surface area contributed by atoms with E-state index in [9.17, 15) is 0 Å². The van der Waals surface area contributed by atoms with Crippen LogP contribution in [0.15, 0.2) is 12.7 Å². The van der Waals surface area contributed by atoms with Gasteiger partial charge in [0.2, 0.25) is 0 Å². The van der Waals surface area contributed by atoms with Gasteiger partial charge in [-0.15, -0.1) is 6.58 Å². The molecular formula is C7H13N2. The molecule has 0 bridgehead atoms. The van der Waals surface area contributed by atoms with Crippen molar-refractivity contribution in [3.63, 3.8) is 0 Å². The van der Waals surface area contributed by atoms with Gasteiger partial charge in [-0.3, -0.25) is 0 Å². The van der Waals surface area contributed by atoms with Gasteiger partial charge in [0, 0.05) is 32.1 Å². The van der Waals surface area contributed by atoms with Crippen molar-refractivity contribution in [2.75, 3.05) is 19.6 Å². The molecule has 0 spiro atoms. The standard InChI is InChI=1S/C7H13N2/c1-2-3-7-6-8-4-5-9-7/h2-3,7-9H,1,4-6H2/i6+1. The second-order valence-corrected chi connectivity index (χ2v) is 2.19. The molecule has 0 aromatic heterocycles. The monoisotopic (exact) mass is 126 g/mol. The van der Waals surface area contributed by atoms with Crippen LogP contribution in [0, 0.1) is 6.42 Å². The molecule has 2 N–H and O–H groups in total. The average molecular weight is 126 g/mol. The molecule has 1 aliphatic rings. The minimum Gasteiger partial charge on any atom is -0.314 e. The van der Waals surface area contributed by atoms with Gasteiger partial charge in [0.15, 0.2) is 0 Å². The third-order valence-electron chi connectivity index (χ3n) is 1.44. The second-order valence-electron chi connectivity index (χ2n) is 2.19. The quantitative estimate of drug-likeness (QED) is 0.506. The minimum atomic E-state index is 0.497. The van der Waals surface area contributed by atoms with Crippen LogP contribution in [0.1, 0.15) is 0 Å². The lowest BCUT2D eigenvalue weighted by Gasteiger charge is -2.22. The molecule has 51 valence electrons. The highest BCUT2D eigenvalue weighted by Gasteiger charge is 2.08. The van der Waals surface area contributed by atoms with Gasteiger partial charge in [-0.1, -0.05) is 6.08 Å². The van der Waals surface area contributed by atoms with Crippen LogP contribution in [0.25, 0.3) is 0 Å². The molecule has 2 heteroatoms. The van der Waals surface area contributed by atoms with Crippen molar-refractivity contribution in [1.82, 2.24) is 10.6 Å². The number of hydrogen-bond acceptors (Lipinski definition) is 2. The van der Waals surface area contributed by atoms with Gasteiger partial charge in [-0.2, -0.15) is 0 Å². The lowest BCUT2D eigenvalue weighted by molar-refractivity contribution is 0.459. The third-order valence-corrected chi connectivity index (χ3v) is 1.44. The first kappa shape index (κ1) is 6.78. The van der Waals surface area contributed by atoms with E-state index >= 15 is 0 Å². The molecule has 0 saturated carbocycles. The number of nitrogens with one attached hydrogen (secondary N) is 2. The molecule has 9 heavy (non-hydrogen) atoms. The van der Waals surface area contributed by atoms with E-state index in [1.807, 2.05) is 6.08 Å². The fraction of sp³-hybridized carbons (Fsp3) is 0.571. The molecule has 0 aromatic rings. The van der Waals surface area contributed by atoms with E-state index in [2.05, 4.69) is 23.6 Å². The first-order chi connectivity index (χ1) is 4.43. The molecule has 1 heterocycles. The topological polar surface area (TPSA) is 24.1 Å². The Bertz CT molecular complexity index is 84.9. The van der Waals surface area contributed by atoms with E-state index in [1.165, 1.54) is 0 Å². The van der Waals surface area contributed by atoms with E-state index in [0.717, 1.165) is 19.6 Å². The lowest BCUT2D eigenvalue weighted by atomic mass is 10.3. The van der Waals surface area contributed by atoms with Crippen LogP contribution >= 0.6 is 0 Å². The number of hydrogen-bond donors (Lipinski definition) is 2. The van der Waals surface area contributed by atoms with E-state index in [-0.39, 0.29) is 0 Å². The van der Waals surface area contributed by atoms with E-state index in [0.29, 0.717) is 6.04 Å². The molecule has 0 aliphatic carbocycles. The van der Waals surface area contributed by atoms with Crippen LogP contribution in [-0.2, 0) is 0 Å². The molecule has 1 atom stereocenters. The second kappa shape index (κ2) is 3.64. The minimum absolute atomic E-state index is 0.497. The van der Waals surface area contributed by atoms with Gasteiger partial charge in [-0.05, 0) is 0 Å². The van der Waals surface area contributed by atoms with Crippen LogP contribution in [0.3, 0.4) is 0 Å². The average Bonchev–Trinajstić information content (AvgIpc) is 1.91. The Morgan fingerprint density at radius 1 is 1.44 bits per heavy atom. The zero-order valence-corrected chi connectivity index (χ0v) is 5.56. The van der Waals surface area contributed by atoms with Crippen LogP contribution in [0.4, 0.5) is 0 Å². The zero-order valence-electron chi connectivity index (χ0n) is 5.56. The normalized spacial score (nSPS) is 27.8. The Labute approximate surface area is 56.3 Å². The Morgan fingerprint density at radius 2 is 2.33 bits per heavy atom. The summed E-state index contributed by atoms with van der Waals surface area (Å²) in [6, 6.07) is 0.497. The molecule has 1 radical (unpaired) electrons. The Hall–Kier alpha value is -0.340. The Morgan fingerprint density at radius 3 is 2.89 bits per heavy atom. The molecule has 1 saturated heterocycles. The molecule has 0 aromatic carbocycles. The van der Waals surface area contributed by atoms with Gasteiger partial charge in [0.1, 0.15) is 0 Å². The fourth-order valence-electron chi connectivity index (χ4n) is 0.976. The van der Waals surface area contributed by atoms with Crippen LogP contribution in [0.2, 0.25) is 0 Å². The molecular weight excluding hydrogens is 113 g/mol. The van der Waals surface area contributed by atoms with Gasteiger partial charge >= 0.3 is 0 Å². The van der Waals surface area contributed by atoms with Crippen LogP contribution in [0.5, 0.6) is 0 Å². The van der Waals surface area contributed by atoms with E-state index in [1.54, 1.807) is 0 Å². The Balaban J connectivity index is 2.15. The van der Waals surface area contributed by atoms with Gasteiger partial charge in [0.25, 0.3) is 0 Å². The van der Waals surface area contributed by atoms with E-state index < -0.39 is 0 Å². The number of rotatable bonds is 2. The molecule has 1 aliphatic heterocycles. The maximum atomic E-state index is 3.63. The third kappa shape index (κ3) is 2.16. The molecule has 1 unspecified atom stereocenters. The van der Waals surface area contributed by atoms with Gasteiger partial charge in [0.05, 0.1) is 0 Å². The molecule has 1 rings (SSSR count). The summed E-state index contributed by atoms with van der Waals surface area (Å²) >= 11 is 0. The van der Waals surface area contributed by atoms with Crippen LogP contribution in [-0.4, -0.2) is 25.7 Å². The van der Waals surface area contributed by atoms with Crippen molar-refractivity contribution in [1.29, 1.82) is 0 Å². The Kier molecular flexibility index (Phi) is 2.74. The highest BCUT2D eigenvalue weighted by atomic mass is 15.2. The summed E-state index contributed by atoms with van der Waals surface area (Å²) in [5.74, 6) is 0. The first-order valence-electron chi connectivity index (χ1n) is 3.33. The van der Waals surface area contributed by atoms with E-state index in [4.69, 9.17) is 0 Å². The summed E-state index contributed by atoms with van der Waals surface area (Å²) in [5.41, 5.74) is 0. The summed E-state index contributed by atoms with van der Waals surface area (Å²) in [4.78, 5) is 0. The van der Waals surface area contributed by atoms with Crippen LogP contribution < -0.4 is 10.6 Å². The molecule has 2 nitrogen and oxygen atoms in total. The summed E-state index contributed by atoms with van der Waals surface area (Å²) < 4.78 is 0. The predicted molar refractivity (Wildman–Crippen MR) is 39.2 cm³/mol. The maximum absolute atomic E-state index is 3.63. The first-order valence-corrected chi connectivity index (χ1v) is 3.33. The van der Waals surface area contributed by atoms with Crippen molar-refractivity contribution in [2.45, 2.75) is 6.04 Å². The lowest BCUT2D eigenvalue weighted by Crippen LogP contribution is -2.48. The summed E-state index contributed by atoms with van der Waals surface area (Å²) in [6.07, 6.45) is 3.91. The summed E-state index contributed by atoms with van der Waals surface area (Å²) in [6.45, 7) is 6.81. The van der Waals surface area contributed by atoms with Crippen molar-refractivity contribution >= 4 is 0 Å². The van der Waals surface area contributed by atoms with Crippen molar-refractivity contribution in [3.8, 4) is 0 Å². The van der Waals surface area contributed by atoms with Gasteiger partial charge in [-0.25, -0.2) is 0 Å². The highest BCUT2D eigenvalue weighted by Crippen LogP contribution is 1.91. The fourth-order valence-corrected chi connectivity index (χ4v) is 0.976. The molecule has 1 fully saturated rings. The summed E-state index contributed by atoms with van der Waals surface area (Å²) in [5, 5.41) is 6.61. The van der Waals surface area contributed by atoms with Crippen molar-refractivity contribution < 1.29 is 0 Å². The number of piperazine rings is 1. The summed E-state index contributed by atoms with van der Waals surface area (Å²) in [7, 11) is 0. The molecule has 0 amide bonds. The SMILES string of the molecule is C=C[CH]C1[13CH2]NCCN1. The van der Waals surface area contributed by atoms with Gasteiger partial charge < -0.3 is 10.6 Å². The maximum Gasteiger partial charge on any atom is 0.0261 e. The van der Waals surface area contributed by atoms with Crippen molar-refractivity contribution in [2.24, 2.45) is 0 Å². The smallest absolute Gasteiger partial charge is 0.0261 e. The zero-order chi connectivity index (χ0) is 6.53. The highest BCUT2D eigenvalue weighted by molar-refractivity contribution is 4.98. The largest absolute Gasteiger partial charge is 0.314 e. The predicted octanol–water partition coefficient (Wildman–Crippen LogP) is -0.0619. The van der Waals surface area contributed by atoms with Crippen molar-refractivity contribution in [3.05, 3.63) is 19.1 Å².